The molecule has 0 amide bonds. The van der Waals surface area contributed by atoms with Gasteiger partial charge in [0.25, 0.3) is 0 Å². The van der Waals surface area contributed by atoms with Crippen LogP contribution in [0.5, 0.6) is 0 Å². The fourth-order valence-corrected chi connectivity index (χ4v) is 2.84. The van der Waals surface area contributed by atoms with Crippen LogP contribution in [0.25, 0.3) is 0 Å². The normalized spacial score (nSPS) is 26.2. The Hall–Kier alpha value is -0.900. The highest BCUT2D eigenvalue weighted by atomic mass is 16.5. The third kappa shape index (κ3) is 3.10. The van der Waals surface area contributed by atoms with Crippen molar-refractivity contribution in [2.75, 3.05) is 13.1 Å². The number of nitrogens with one attached hydrogen (secondary N) is 1. The Bertz CT molecular complexity index is 380. The molecule has 4 nitrogen and oxygen atoms in total. The Morgan fingerprint density at radius 3 is 3.00 bits per heavy atom. The molecule has 4 heteroatoms. The number of hydrogen-bond acceptors (Lipinski definition) is 4. The van der Waals surface area contributed by atoms with Crippen LogP contribution >= 0.6 is 0 Å². The van der Waals surface area contributed by atoms with Gasteiger partial charge in [-0.15, -0.1) is 0 Å². The molecule has 1 N–H and O–H groups in total. The molecule has 2 heterocycles. The van der Waals surface area contributed by atoms with Crippen molar-refractivity contribution in [1.29, 1.82) is 0 Å². The van der Waals surface area contributed by atoms with Gasteiger partial charge in [-0.3, -0.25) is 0 Å². The lowest BCUT2D eigenvalue weighted by molar-refractivity contribution is 0.256. The number of hydrogen-bond donors (Lipinski definition) is 1. The fourth-order valence-electron chi connectivity index (χ4n) is 2.84. The zero-order chi connectivity index (χ0) is 12.4. The van der Waals surface area contributed by atoms with Gasteiger partial charge in [0.15, 0.2) is 5.82 Å². The molecule has 1 aliphatic heterocycles. The number of rotatable bonds is 5. The summed E-state index contributed by atoms with van der Waals surface area (Å²) in [4.78, 5) is 4.53. The van der Waals surface area contributed by atoms with Crippen LogP contribution in [0, 0.1) is 17.8 Å². The van der Waals surface area contributed by atoms with E-state index in [9.17, 15) is 0 Å². The zero-order valence-electron chi connectivity index (χ0n) is 11.2. The van der Waals surface area contributed by atoms with E-state index in [-0.39, 0.29) is 0 Å². The van der Waals surface area contributed by atoms with Crippen molar-refractivity contribution in [2.45, 2.75) is 45.4 Å². The van der Waals surface area contributed by atoms with Gasteiger partial charge < -0.3 is 9.84 Å². The summed E-state index contributed by atoms with van der Waals surface area (Å²) in [6.07, 6.45) is 7.26. The molecule has 0 spiro atoms. The van der Waals surface area contributed by atoms with E-state index in [1.54, 1.807) is 0 Å². The standard InChI is InChI=1S/C14H23N3O/c1-10(12-3-2-6-15-9-12)7-14-16-13(17-18-14)8-11-4-5-11/h10-12,15H,2-9H2,1H3. The summed E-state index contributed by atoms with van der Waals surface area (Å²) in [6, 6.07) is 0. The maximum absolute atomic E-state index is 5.37. The molecule has 0 aromatic carbocycles. The average molecular weight is 249 g/mol. The predicted molar refractivity (Wildman–Crippen MR) is 69.2 cm³/mol. The molecule has 2 aliphatic rings. The zero-order valence-corrected chi connectivity index (χ0v) is 11.2. The molecule has 1 saturated heterocycles. The summed E-state index contributed by atoms with van der Waals surface area (Å²) >= 11 is 0. The molecular formula is C14H23N3O. The van der Waals surface area contributed by atoms with E-state index in [4.69, 9.17) is 4.52 Å². The number of piperidine rings is 1. The summed E-state index contributed by atoms with van der Waals surface area (Å²) in [6.45, 7) is 4.63. The first-order valence-electron chi connectivity index (χ1n) is 7.33. The lowest BCUT2D eigenvalue weighted by Crippen LogP contribution is -2.33. The molecule has 0 bridgehead atoms. The first kappa shape index (κ1) is 12.2. The molecule has 2 atom stereocenters. The van der Waals surface area contributed by atoms with Crippen molar-refractivity contribution in [3.8, 4) is 0 Å². The number of aromatic nitrogens is 2. The van der Waals surface area contributed by atoms with Gasteiger partial charge in [-0.2, -0.15) is 4.98 Å². The minimum atomic E-state index is 0.632. The van der Waals surface area contributed by atoms with Crippen molar-refractivity contribution in [3.05, 3.63) is 11.7 Å². The van der Waals surface area contributed by atoms with Crippen molar-refractivity contribution < 1.29 is 4.52 Å². The molecule has 1 saturated carbocycles. The predicted octanol–water partition coefficient (Wildman–Crippen LogP) is 2.20. The van der Waals surface area contributed by atoms with Crippen LogP contribution in [0.3, 0.4) is 0 Å². The Labute approximate surface area is 109 Å². The Morgan fingerprint density at radius 2 is 2.28 bits per heavy atom. The van der Waals surface area contributed by atoms with Crippen LogP contribution < -0.4 is 5.32 Å². The smallest absolute Gasteiger partial charge is 0.226 e. The molecule has 2 unspecified atom stereocenters. The second-order valence-electron chi connectivity index (χ2n) is 6.04. The van der Waals surface area contributed by atoms with Crippen LogP contribution in [-0.4, -0.2) is 23.2 Å². The lowest BCUT2D eigenvalue weighted by Gasteiger charge is -2.27. The van der Waals surface area contributed by atoms with Crippen LogP contribution in [0.4, 0.5) is 0 Å². The van der Waals surface area contributed by atoms with Crippen molar-refractivity contribution in [1.82, 2.24) is 15.5 Å². The molecule has 1 aromatic rings. The van der Waals surface area contributed by atoms with Crippen LogP contribution in [0.2, 0.25) is 0 Å². The first-order valence-corrected chi connectivity index (χ1v) is 7.33. The van der Waals surface area contributed by atoms with Gasteiger partial charge >= 0.3 is 0 Å². The Morgan fingerprint density at radius 1 is 1.39 bits per heavy atom. The Balaban J connectivity index is 1.52. The van der Waals surface area contributed by atoms with Gasteiger partial charge in [-0.25, -0.2) is 0 Å². The second-order valence-corrected chi connectivity index (χ2v) is 6.04. The molecule has 2 fully saturated rings. The monoisotopic (exact) mass is 249 g/mol. The van der Waals surface area contributed by atoms with Crippen LogP contribution in [-0.2, 0) is 12.8 Å². The SMILES string of the molecule is CC(Cc1nc(CC2CC2)no1)C1CCCNC1. The summed E-state index contributed by atoms with van der Waals surface area (Å²) in [5.74, 6) is 3.98. The van der Waals surface area contributed by atoms with E-state index in [1.807, 2.05) is 0 Å². The first-order chi connectivity index (χ1) is 8.81. The minimum Gasteiger partial charge on any atom is -0.339 e. The highest BCUT2D eigenvalue weighted by Gasteiger charge is 2.25. The third-order valence-corrected chi connectivity index (χ3v) is 4.31. The van der Waals surface area contributed by atoms with Crippen LogP contribution in [0.15, 0.2) is 4.52 Å². The third-order valence-electron chi connectivity index (χ3n) is 4.31. The molecular weight excluding hydrogens is 226 g/mol. The molecule has 3 rings (SSSR count). The molecule has 100 valence electrons. The van der Waals surface area contributed by atoms with Crippen molar-refractivity contribution in [2.24, 2.45) is 17.8 Å². The largest absolute Gasteiger partial charge is 0.339 e. The van der Waals surface area contributed by atoms with E-state index in [2.05, 4.69) is 22.4 Å². The Kier molecular flexibility index (Phi) is 3.64. The van der Waals surface area contributed by atoms with Crippen LogP contribution in [0.1, 0.15) is 44.3 Å². The molecule has 1 aromatic heterocycles. The van der Waals surface area contributed by atoms with Gasteiger partial charge in [-0.1, -0.05) is 12.1 Å². The van der Waals surface area contributed by atoms with Gasteiger partial charge in [0.2, 0.25) is 5.89 Å². The van der Waals surface area contributed by atoms with Gasteiger partial charge in [-0.05, 0) is 56.5 Å². The van der Waals surface area contributed by atoms with Gasteiger partial charge in [0.05, 0.1) is 0 Å². The highest BCUT2D eigenvalue weighted by molar-refractivity contribution is 4.93. The maximum atomic E-state index is 5.37. The quantitative estimate of drug-likeness (QED) is 0.869. The molecule has 0 radical (unpaired) electrons. The van der Waals surface area contributed by atoms with E-state index in [1.165, 1.54) is 32.2 Å². The minimum absolute atomic E-state index is 0.632. The van der Waals surface area contributed by atoms with E-state index >= 15 is 0 Å². The summed E-state index contributed by atoms with van der Waals surface area (Å²) in [5.41, 5.74) is 0. The summed E-state index contributed by atoms with van der Waals surface area (Å²) in [7, 11) is 0. The van der Waals surface area contributed by atoms with E-state index < -0.39 is 0 Å². The average Bonchev–Trinajstić information content (AvgIpc) is 3.10. The van der Waals surface area contributed by atoms with Gasteiger partial charge in [0.1, 0.15) is 0 Å². The molecule has 1 aliphatic carbocycles. The maximum Gasteiger partial charge on any atom is 0.226 e. The van der Waals surface area contributed by atoms with E-state index in [0.717, 1.165) is 42.9 Å². The van der Waals surface area contributed by atoms with Crippen molar-refractivity contribution >= 4 is 0 Å². The van der Waals surface area contributed by atoms with Gasteiger partial charge in [0, 0.05) is 12.8 Å². The molecule has 18 heavy (non-hydrogen) atoms. The number of nitrogens with zero attached hydrogens (tertiary/aromatic N) is 2. The van der Waals surface area contributed by atoms with Crippen molar-refractivity contribution in [3.63, 3.8) is 0 Å². The fraction of sp³-hybridized carbons (Fsp3) is 0.857. The topological polar surface area (TPSA) is 51.0 Å². The lowest BCUT2D eigenvalue weighted by atomic mass is 9.85. The van der Waals surface area contributed by atoms with E-state index in [0.29, 0.717) is 5.92 Å². The summed E-state index contributed by atoms with van der Waals surface area (Å²) < 4.78 is 5.37. The second kappa shape index (κ2) is 5.39. The summed E-state index contributed by atoms with van der Waals surface area (Å²) in [5, 5.41) is 7.57. The highest BCUT2D eigenvalue weighted by Crippen LogP contribution is 2.32.